The summed E-state index contributed by atoms with van der Waals surface area (Å²) in [6, 6.07) is 6.80. The number of hydrogen-bond acceptors (Lipinski definition) is 5. The molecule has 2 heterocycles. The van der Waals surface area contributed by atoms with Crippen molar-refractivity contribution in [3.8, 4) is 11.8 Å². The van der Waals surface area contributed by atoms with Crippen LogP contribution >= 0.6 is 0 Å². The number of pyridine rings is 2. The predicted molar refractivity (Wildman–Crippen MR) is 109 cm³/mol. The molecule has 0 aliphatic carbocycles. The highest BCUT2D eigenvalue weighted by Crippen LogP contribution is 2.29. The number of ether oxygens (including phenoxy) is 1. The van der Waals surface area contributed by atoms with Crippen molar-refractivity contribution in [2.45, 2.75) is 26.3 Å². The summed E-state index contributed by atoms with van der Waals surface area (Å²) >= 11 is 0. The third kappa shape index (κ3) is 4.14. The SMILES string of the molecule is CC(C)CC(COc1cc2c(cc1C#N)c1ccncc1c(=O)n2C)NC(=O)O. The number of nitrogens with one attached hydrogen (secondary N) is 1. The second kappa shape index (κ2) is 8.19. The monoisotopic (exact) mass is 394 g/mol. The number of nitriles is 1. The molecule has 29 heavy (non-hydrogen) atoms. The van der Waals surface area contributed by atoms with Crippen LogP contribution < -0.4 is 15.6 Å². The number of aromatic nitrogens is 2. The van der Waals surface area contributed by atoms with Gasteiger partial charge in [0.15, 0.2) is 0 Å². The normalized spacial score (nSPS) is 12.1. The molecule has 0 spiro atoms. The number of rotatable bonds is 6. The number of amides is 1. The van der Waals surface area contributed by atoms with E-state index in [1.54, 1.807) is 31.4 Å². The minimum Gasteiger partial charge on any atom is -0.490 e. The third-order valence-corrected chi connectivity index (χ3v) is 4.75. The smallest absolute Gasteiger partial charge is 0.404 e. The minimum absolute atomic E-state index is 0.0795. The first-order chi connectivity index (χ1) is 13.8. The molecule has 0 radical (unpaired) electrons. The van der Waals surface area contributed by atoms with Crippen LogP contribution in [0.25, 0.3) is 21.7 Å². The first-order valence-corrected chi connectivity index (χ1v) is 9.24. The molecule has 1 unspecified atom stereocenters. The van der Waals surface area contributed by atoms with Crippen LogP contribution in [0.1, 0.15) is 25.8 Å². The number of benzene rings is 1. The predicted octanol–water partition coefficient (Wildman–Crippen LogP) is 3.02. The van der Waals surface area contributed by atoms with E-state index in [0.717, 1.165) is 5.39 Å². The van der Waals surface area contributed by atoms with Crippen LogP contribution in [0.4, 0.5) is 4.79 Å². The number of aryl methyl sites for hydroxylation is 1. The molecule has 0 aliphatic rings. The Morgan fingerprint density at radius 1 is 1.34 bits per heavy atom. The molecule has 0 saturated carbocycles. The van der Waals surface area contributed by atoms with Crippen LogP contribution in [0.15, 0.2) is 35.4 Å². The molecule has 0 aliphatic heterocycles. The molecule has 2 aromatic heterocycles. The Labute approximate surface area is 167 Å². The van der Waals surface area contributed by atoms with Gasteiger partial charge in [-0.3, -0.25) is 9.78 Å². The van der Waals surface area contributed by atoms with Gasteiger partial charge in [-0.05, 0) is 29.9 Å². The summed E-state index contributed by atoms with van der Waals surface area (Å²) in [5.41, 5.74) is 0.740. The Hall–Kier alpha value is -3.60. The third-order valence-electron chi connectivity index (χ3n) is 4.75. The molecular formula is C21H22N4O4. The molecule has 0 fully saturated rings. The summed E-state index contributed by atoms with van der Waals surface area (Å²) in [5.74, 6) is 0.577. The number of carboxylic acid groups (broad SMARTS) is 1. The zero-order valence-electron chi connectivity index (χ0n) is 16.5. The second-order valence-electron chi connectivity index (χ2n) is 7.35. The van der Waals surface area contributed by atoms with Crippen molar-refractivity contribution in [1.82, 2.24) is 14.9 Å². The molecule has 8 heteroatoms. The van der Waals surface area contributed by atoms with E-state index >= 15 is 0 Å². The Balaban J connectivity index is 2.06. The van der Waals surface area contributed by atoms with Crippen molar-refractivity contribution >= 4 is 27.8 Å². The van der Waals surface area contributed by atoms with Gasteiger partial charge in [0.25, 0.3) is 5.56 Å². The van der Waals surface area contributed by atoms with Crippen molar-refractivity contribution in [2.24, 2.45) is 13.0 Å². The van der Waals surface area contributed by atoms with Gasteiger partial charge < -0.3 is 19.7 Å². The van der Waals surface area contributed by atoms with E-state index in [1.165, 1.54) is 10.8 Å². The molecule has 0 bridgehead atoms. The van der Waals surface area contributed by atoms with Gasteiger partial charge in [-0.15, -0.1) is 0 Å². The maximum absolute atomic E-state index is 12.7. The van der Waals surface area contributed by atoms with Crippen LogP contribution in [0.5, 0.6) is 5.75 Å². The summed E-state index contributed by atoms with van der Waals surface area (Å²) in [7, 11) is 1.65. The number of carbonyl (C=O) groups is 1. The van der Waals surface area contributed by atoms with Gasteiger partial charge in [-0.2, -0.15) is 5.26 Å². The Morgan fingerprint density at radius 2 is 2.10 bits per heavy atom. The number of nitrogens with zero attached hydrogens (tertiary/aromatic N) is 3. The zero-order valence-corrected chi connectivity index (χ0v) is 16.5. The molecular weight excluding hydrogens is 372 g/mol. The van der Waals surface area contributed by atoms with Crippen LogP contribution in [-0.4, -0.2) is 33.4 Å². The first-order valence-electron chi connectivity index (χ1n) is 9.24. The average Bonchev–Trinajstić information content (AvgIpc) is 2.68. The van der Waals surface area contributed by atoms with E-state index in [2.05, 4.69) is 16.4 Å². The number of fused-ring (bicyclic) bond motifs is 3. The summed E-state index contributed by atoms with van der Waals surface area (Å²) in [6.45, 7) is 4.06. The van der Waals surface area contributed by atoms with Gasteiger partial charge in [0, 0.05) is 30.9 Å². The molecule has 1 atom stereocenters. The molecule has 1 aromatic carbocycles. The van der Waals surface area contributed by atoms with Crippen molar-refractivity contribution in [3.63, 3.8) is 0 Å². The summed E-state index contributed by atoms with van der Waals surface area (Å²) < 4.78 is 7.33. The highest BCUT2D eigenvalue weighted by Gasteiger charge is 2.17. The first kappa shape index (κ1) is 20.1. The lowest BCUT2D eigenvalue weighted by Crippen LogP contribution is -2.39. The van der Waals surface area contributed by atoms with E-state index in [9.17, 15) is 14.9 Å². The van der Waals surface area contributed by atoms with Gasteiger partial charge in [0.1, 0.15) is 18.4 Å². The van der Waals surface area contributed by atoms with E-state index < -0.39 is 12.1 Å². The molecule has 3 aromatic rings. The standard InChI is InChI=1S/C21H22N4O4/c1-12(2)6-14(24-21(27)28)11-29-19-8-18-16(7-13(19)9-22)15-4-5-23-10-17(15)20(26)25(18)3/h4-5,7-8,10,12,14,24H,6,11H2,1-3H3,(H,27,28). The van der Waals surface area contributed by atoms with Crippen LogP contribution in [0.3, 0.4) is 0 Å². The van der Waals surface area contributed by atoms with E-state index in [-0.39, 0.29) is 18.1 Å². The Bertz CT molecular complexity index is 1180. The van der Waals surface area contributed by atoms with E-state index in [4.69, 9.17) is 9.84 Å². The van der Waals surface area contributed by atoms with Gasteiger partial charge in [0.2, 0.25) is 0 Å². The van der Waals surface area contributed by atoms with Crippen LogP contribution in [0, 0.1) is 17.2 Å². The highest BCUT2D eigenvalue weighted by atomic mass is 16.5. The van der Waals surface area contributed by atoms with Gasteiger partial charge in [-0.1, -0.05) is 13.8 Å². The van der Waals surface area contributed by atoms with Gasteiger partial charge >= 0.3 is 6.09 Å². The van der Waals surface area contributed by atoms with Crippen molar-refractivity contribution in [1.29, 1.82) is 5.26 Å². The molecule has 150 valence electrons. The lowest BCUT2D eigenvalue weighted by molar-refractivity contribution is 0.176. The quantitative estimate of drug-likeness (QED) is 0.621. The van der Waals surface area contributed by atoms with Crippen LogP contribution in [0.2, 0.25) is 0 Å². The maximum atomic E-state index is 12.7. The largest absolute Gasteiger partial charge is 0.490 e. The lowest BCUT2D eigenvalue weighted by atomic mass is 10.0. The maximum Gasteiger partial charge on any atom is 0.404 e. The summed E-state index contributed by atoms with van der Waals surface area (Å²) in [6.07, 6.45) is 2.59. The fourth-order valence-electron chi connectivity index (χ4n) is 3.46. The number of hydrogen-bond donors (Lipinski definition) is 2. The topological polar surface area (TPSA) is 117 Å². The molecule has 8 nitrogen and oxygen atoms in total. The average molecular weight is 394 g/mol. The Kier molecular flexibility index (Phi) is 5.69. The summed E-state index contributed by atoms with van der Waals surface area (Å²) in [4.78, 5) is 27.7. The minimum atomic E-state index is -1.12. The van der Waals surface area contributed by atoms with Crippen LogP contribution in [-0.2, 0) is 7.05 Å². The van der Waals surface area contributed by atoms with Crippen molar-refractivity contribution in [3.05, 3.63) is 46.5 Å². The lowest BCUT2D eigenvalue weighted by Gasteiger charge is -2.20. The molecule has 3 rings (SSSR count). The van der Waals surface area contributed by atoms with E-state index in [0.29, 0.717) is 34.0 Å². The van der Waals surface area contributed by atoms with Crippen molar-refractivity contribution in [2.75, 3.05) is 6.61 Å². The highest BCUT2D eigenvalue weighted by molar-refractivity contribution is 6.06. The zero-order chi connectivity index (χ0) is 21.1. The van der Waals surface area contributed by atoms with Gasteiger partial charge in [-0.25, -0.2) is 4.79 Å². The fourth-order valence-corrected chi connectivity index (χ4v) is 3.46. The molecule has 2 N–H and O–H groups in total. The van der Waals surface area contributed by atoms with E-state index in [1.807, 2.05) is 13.8 Å². The fraction of sp³-hybridized carbons (Fsp3) is 0.333. The van der Waals surface area contributed by atoms with Gasteiger partial charge in [0.05, 0.1) is 22.5 Å². The molecule has 1 amide bonds. The summed E-state index contributed by atoms with van der Waals surface area (Å²) in [5, 5.41) is 23.0. The Morgan fingerprint density at radius 3 is 2.76 bits per heavy atom. The van der Waals surface area contributed by atoms with Crippen molar-refractivity contribution < 1.29 is 14.6 Å². The second-order valence-corrected chi connectivity index (χ2v) is 7.35. The molecule has 0 saturated heterocycles.